The van der Waals surface area contributed by atoms with E-state index in [0.29, 0.717) is 5.84 Å². The minimum Gasteiger partial charge on any atom is -0.454 e. The molecule has 8 aromatic carbocycles. The first kappa shape index (κ1) is 37.1. The molecule has 4 nitrogen and oxygen atoms in total. The van der Waals surface area contributed by atoms with Crippen LogP contribution in [0.1, 0.15) is 24.5 Å². The van der Waals surface area contributed by atoms with Crippen molar-refractivity contribution in [2.45, 2.75) is 13.3 Å². The lowest BCUT2D eigenvalue weighted by Gasteiger charge is -2.19. The first-order valence-electron chi connectivity index (χ1n) is 21.4. The Morgan fingerprint density at radius 3 is 1.69 bits per heavy atom. The second-order valence-corrected chi connectivity index (χ2v) is 16.0. The van der Waals surface area contributed by atoms with Crippen LogP contribution in [0, 0.1) is 5.92 Å². The Labute approximate surface area is 360 Å². The summed E-state index contributed by atoms with van der Waals surface area (Å²) < 4.78 is 9.34. The maximum absolute atomic E-state index is 7.02. The fraction of sp³-hybridized carbons (Fsp3) is 0.0517. The van der Waals surface area contributed by atoms with Crippen LogP contribution in [0.25, 0.3) is 88.5 Å². The maximum atomic E-state index is 7.02. The number of aromatic nitrogens is 1. The molecule has 0 aliphatic heterocycles. The molecule has 0 saturated heterocycles. The Bertz CT molecular complexity index is 3320. The fourth-order valence-electron chi connectivity index (χ4n) is 9.14. The van der Waals surface area contributed by atoms with Crippen molar-refractivity contribution >= 4 is 55.3 Å². The normalized spacial score (nSPS) is 15.0. The zero-order valence-corrected chi connectivity index (χ0v) is 34.4. The van der Waals surface area contributed by atoms with Crippen LogP contribution in [0.2, 0.25) is 0 Å². The summed E-state index contributed by atoms with van der Waals surface area (Å²) in [7, 11) is 0. The molecule has 1 aliphatic rings. The Kier molecular flexibility index (Phi) is 9.32. The van der Waals surface area contributed by atoms with E-state index in [0.717, 1.165) is 84.2 Å². The van der Waals surface area contributed by atoms with Crippen LogP contribution in [0.3, 0.4) is 0 Å². The third kappa shape index (κ3) is 6.54. The van der Waals surface area contributed by atoms with Gasteiger partial charge in [0, 0.05) is 38.6 Å². The van der Waals surface area contributed by atoms with Crippen molar-refractivity contribution < 1.29 is 4.42 Å². The van der Waals surface area contributed by atoms with E-state index in [-0.39, 0.29) is 5.92 Å². The van der Waals surface area contributed by atoms with E-state index in [2.05, 4.69) is 212 Å². The van der Waals surface area contributed by atoms with Crippen molar-refractivity contribution in [1.29, 1.82) is 0 Å². The third-order valence-electron chi connectivity index (χ3n) is 12.3. The van der Waals surface area contributed by atoms with Crippen LogP contribution < -0.4 is 5.73 Å². The van der Waals surface area contributed by atoms with Crippen molar-refractivity contribution in [3.8, 4) is 39.1 Å². The predicted molar refractivity (Wildman–Crippen MR) is 261 cm³/mol. The third-order valence-corrected chi connectivity index (χ3v) is 12.3. The van der Waals surface area contributed by atoms with Gasteiger partial charge < -0.3 is 14.7 Å². The SMILES string of the molecule is CCC1C=CC=C/C1=C(/N=C(N)c1ccc2c(c1)oc1c(-n3c4cc(-c5ccccc5)ccc4c4ccc(-c5ccccc5)cc43)cccc12)c1ccc(-c2ccccc2)cc1. The smallest absolute Gasteiger partial charge is 0.159 e. The molecule has 0 amide bonds. The molecule has 2 N–H and O–H groups in total. The summed E-state index contributed by atoms with van der Waals surface area (Å²) in [5, 5.41) is 4.44. The largest absolute Gasteiger partial charge is 0.454 e. The van der Waals surface area contributed by atoms with Crippen molar-refractivity contribution in [3.05, 3.63) is 229 Å². The van der Waals surface area contributed by atoms with Gasteiger partial charge >= 0.3 is 0 Å². The van der Waals surface area contributed by atoms with Crippen molar-refractivity contribution in [3.63, 3.8) is 0 Å². The van der Waals surface area contributed by atoms with E-state index in [1.54, 1.807) is 0 Å². The maximum Gasteiger partial charge on any atom is 0.159 e. The Morgan fingerprint density at radius 1 is 0.532 bits per heavy atom. The lowest BCUT2D eigenvalue weighted by molar-refractivity contribution is 0.666. The molecular formula is C58H43N3O. The molecule has 2 heterocycles. The lowest BCUT2D eigenvalue weighted by Crippen LogP contribution is -2.14. The summed E-state index contributed by atoms with van der Waals surface area (Å²) in [6, 6.07) is 66.5. The van der Waals surface area contributed by atoms with Gasteiger partial charge in [-0.2, -0.15) is 0 Å². The number of hydrogen-bond acceptors (Lipinski definition) is 2. The van der Waals surface area contributed by atoms with Crippen LogP contribution in [0.5, 0.6) is 0 Å². The Morgan fingerprint density at radius 2 is 1.08 bits per heavy atom. The molecule has 1 atom stereocenters. The quantitative estimate of drug-likeness (QED) is 0.123. The standard InChI is InChI=1S/C58H43N3O/c1-2-38-15-12-13-22-47(38)56(43-27-25-42(26-28-43)39-16-6-3-7-17-39)60-58(59)46-31-34-50-51-23-14-24-52(57(51)62-55(50)37-46)61-53-35-44(40-18-8-4-9-19-40)29-32-48(53)49-33-30-45(36-54(49)61)41-20-10-5-11-21-41/h3-38H,2H2,1H3,(H2,59,60)/b56-47-. The molecule has 1 aliphatic carbocycles. The van der Waals surface area contributed by atoms with E-state index >= 15 is 0 Å². The van der Waals surface area contributed by atoms with E-state index in [9.17, 15) is 0 Å². The number of benzene rings is 8. The van der Waals surface area contributed by atoms with Crippen LogP contribution >= 0.6 is 0 Å². The van der Waals surface area contributed by atoms with Crippen LogP contribution in [0.4, 0.5) is 0 Å². The van der Waals surface area contributed by atoms with E-state index in [1.165, 1.54) is 27.5 Å². The number of aliphatic imine (C=N–C) groups is 1. The number of amidine groups is 1. The Balaban J connectivity index is 1.06. The number of rotatable bonds is 8. The highest BCUT2D eigenvalue weighted by Gasteiger charge is 2.21. The van der Waals surface area contributed by atoms with Crippen molar-refractivity contribution in [2.75, 3.05) is 0 Å². The van der Waals surface area contributed by atoms with E-state index in [4.69, 9.17) is 15.1 Å². The zero-order chi connectivity index (χ0) is 41.6. The Hall–Kier alpha value is -7.95. The zero-order valence-electron chi connectivity index (χ0n) is 34.4. The summed E-state index contributed by atoms with van der Waals surface area (Å²) in [5.41, 5.74) is 22.7. The van der Waals surface area contributed by atoms with E-state index < -0.39 is 0 Å². The summed E-state index contributed by atoms with van der Waals surface area (Å²) >= 11 is 0. The molecule has 10 aromatic rings. The van der Waals surface area contributed by atoms with Crippen molar-refractivity contribution in [2.24, 2.45) is 16.6 Å². The van der Waals surface area contributed by atoms with Gasteiger partial charge in [-0.1, -0.05) is 189 Å². The van der Waals surface area contributed by atoms with E-state index in [1.807, 2.05) is 12.1 Å². The lowest BCUT2D eigenvalue weighted by atomic mass is 9.88. The number of para-hydroxylation sites is 1. The highest BCUT2D eigenvalue weighted by atomic mass is 16.3. The molecule has 0 saturated carbocycles. The second kappa shape index (κ2) is 15.6. The number of nitrogens with zero attached hydrogens (tertiary/aromatic N) is 2. The minimum absolute atomic E-state index is 0.227. The highest BCUT2D eigenvalue weighted by molar-refractivity contribution is 6.14. The van der Waals surface area contributed by atoms with Crippen LogP contribution in [0.15, 0.2) is 227 Å². The van der Waals surface area contributed by atoms with Gasteiger partial charge in [-0.25, -0.2) is 4.99 Å². The molecule has 296 valence electrons. The molecule has 62 heavy (non-hydrogen) atoms. The number of fused-ring (bicyclic) bond motifs is 6. The molecule has 0 fully saturated rings. The number of hydrogen-bond donors (Lipinski definition) is 1. The minimum atomic E-state index is 0.227. The molecule has 0 bridgehead atoms. The fourth-order valence-corrected chi connectivity index (χ4v) is 9.14. The summed E-state index contributed by atoms with van der Waals surface area (Å²) in [4.78, 5) is 5.24. The monoisotopic (exact) mass is 797 g/mol. The van der Waals surface area contributed by atoms with Gasteiger partial charge in [0.1, 0.15) is 11.4 Å². The molecule has 0 radical (unpaired) electrons. The van der Waals surface area contributed by atoms with Gasteiger partial charge in [-0.3, -0.25) is 0 Å². The molecule has 2 aromatic heterocycles. The van der Waals surface area contributed by atoms with Gasteiger partial charge in [0.2, 0.25) is 0 Å². The highest BCUT2D eigenvalue weighted by Crippen LogP contribution is 2.41. The second-order valence-electron chi connectivity index (χ2n) is 16.0. The van der Waals surface area contributed by atoms with Crippen LogP contribution in [-0.2, 0) is 0 Å². The number of nitrogens with two attached hydrogens (primary N) is 1. The average Bonchev–Trinajstić information content (AvgIpc) is 3.89. The summed E-state index contributed by atoms with van der Waals surface area (Å²) in [6.45, 7) is 2.21. The topological polar surface area (TPSA) is 56.4 Å². The first-order chi connectivity index (χ1) is 30.6. The molecule has 1 unspecified atom stereocenters. The van der Waals surface area contributed by atoms with Gasteiger partial charge in [0.15, 0.2) is 5.58 Å². The van der Waals surface area contributed by atoms with Crippen LogP contribution in [-0.4, -0.2) is 10.4 Å². The number of furan rings is 1. The summed E-state index contributed by atoms with van der Waals surface area (Å²) in [5.74, 6) is 0.661. The van der Waals surface area contributed by atoms with Gasteiger partial charge in [-0.05, 0) is 75.7 Å². The summed E-state index contributed by atoms with van der Waals surface area (Å²) in [6.07, 6.45) is 9.59. The van der Waals surface area contributed by atoms with Gasteiger partial charge in [0.05, 0.1) is 22.4 Å². The molecule has 0 spiro atoms. The molecular weight excluding hydrogens is 755 g/mol. The predicted octanol–water partition coefficient (Wildman–Crippen LogP) is 15.0. The van der Waals surface area contributed by atoms with Gasteiger partial charge in [-0.15, -0.1) is 0 Å². The van der Waals surface area contributed by atoms with Gasteiger partial charge in [0.25, 0.3) is 0 Å². The average molecular weight is 798 g/mol. The molecule has 4 heteroatoms. The number of allylic oxidation sites excluding steroid dienone is 5. The van der Waals surface area contributed by atoms with Crippen molar-refractivity contribution in [1.82, 2.24) is 4.57 Å². The molecule has 11 rings (SSSR count). The first-order valence-corrected chi connectivity index (χ1v) is 21.4.